The van der Waals surface area contributed by atoms with Gasteiger partial charge in [-0.2, -0.15) is 4.98 Å². The van der Waals surface area contributed by atoms with Crippen LogP contribution in [0.3, 0.4) is 0 Å². The molecular weight excluding hydrogens is 386 g/mol. The summed E-state index contributed by atoms with van der Waals surface area (Å²) in [4.78, 5) is 28.3. The van der Waals surface area contributed by atoms with Crippen LogP contribution in [0.1, 0.15) is 41.6 Å². The molecule has 3 rings (SSSR count). The first-order valence-electron chi connectivity index (χ1n) is 9.47. The second-order valence-electron chi connectivity index (χ2n) is 6.83. The van der Waals surface area contributed by atoms with E-state index in [2.05, 4.69) is 29.3 Å². The zero-order valence-corrected chi connectivity index (χ0v) is 17.0. The maximum Gasteiger partial charge on any atom is 0.325 e. The van der Waals surface area contributed by atoms with Crippen molar-refractivity contribution >= 4 is 11.9 Å². The predicted molar refractivity (Wildman–Crippen MR) is 109 cm³/mol. The first-order valence-corrected chi connectivity index (χ1v) is 9.47. The van der Waals surface area contributed by atoms with Gasteiger partial charge < -0.3 is 19.3 Å². The number of hydrogen-bond acceptors (Lipinski definition) is 7. The number of aromatic nitrogens is 2. The number of amides is 1. The highest BCUT2D eigenvalue weighted by Gasteiger charge is 2.15. The fourth-order valence-electron chi connectivity index (χ4n) is 2.72. The number of carbonyl (C=O) groups excluding carboxylic acids is 2. The van der Waals surface area contributed by atoms with Crippen LogP contribution < -0.4 is 10.1 Å². The largest absolute Gasteiger partial charge is 0.496 e. The van der Waals surface area contributed by atoms with E-state index in [0.29, 0.717) is 23.1 Å². The molecule has 0 fully saturated rings. The SMILES string of the molecule is COc1ccccc1C(=O)NCC(=O)OCc1nc(-c2ccc(C(C)C)cc2)no1. The number of benzene rings is 2. The summed E-state index contributed by atoms with van der Waals surface area (Å²) in [5, 5.41) is 6.41. The van der Waals surface area contributed by atoms with Gasteiger partial charge in [0.2, 0.25) is 5.82 Å². The molecule has 0 saturated heterocycles. The fourth-order valence-corrected chi connectivity index (χ4v) is 2.72. The van der Waals surface area contributed by atoms with Gasteiger partial charge in [-0.25, -0.2) is 0 Å². The van der Waals surface area contributed by atoms with E-state index in [1.807, 2.05) is 24.3 Å². The molecule has 0 radical (unpaired) electrons. The van der Waals surface area contributed by atoms with Crippen molar-refractivity contribution in [3.05, 3.63) is 65.5 Å². The Kier molecular flexibility index (Phi) is 6.79. The normalized spacial score (nSPS) is 10.7. The number of nitrogens with one attached hydrogen (secondary N) is 1. The van der Waals surface area contributed by atoms with E-state index in [1.54, 1.807) is 24.3 Å². The van der Waals surface area contributed by atoms with E-state index in [1.165, 1.54) is 12.7 Å². The average molecular weight is 409 g/mol. The Hall–Kier alpha value is -3.68. The zero-order valence-electron chi connectivity index (χ0n) is 17.0. The molecule has 8 heteroatoms. The van der Waals surface area contributed by atoms with Crippen LogP contribution in [0.5, 0.6) is 5.75 Å². The van der Waals surface area contributed by atoms with Crippen LogP contribution >= 0.6 is 0 Å². The van der Waals surface area contributed by atoms with Gasteiger partial charge >= 0.3 is 5.97 Å². The van der Waals surface area contributed by atoms with Gasteiger partial charge in [0.25, 0.3) is 11.8 Å². The van der Waals surface area contributed by atoms with Crippen molar-refractivity contribution in [2.45, 2.75) is 26.4 Å². The van der Waals surface area contributed by atoms with Gasteiger partial charge in [-0.3, -0.25) is 9.59 Å². The molecule has 1 amide bonds. The molecule has 156 valence electrons. The molecule has 8 nitrogen and oxygen atoms in total. The van der Waals surface area contributed by atoms with Crippen LogP contribution in [-0.2, 0) is 16.1 Å². The third kappa shape index (κ3) is 5.22. The fraction of sp³-hybridized carbons (Fsp3) is 0.273. The Labute approximate surface area is 174 Å². The molecule has 0 saturated carbocycles. The molecular formula is C22H23N3O5. The minimum absolute atomic E-state index is 0.169. The predicted octanol–water partition coefficient (Wildman–Crippen LogP) is 3.34. The minimum atomic E-state index is -0.626. The third-order valence-electron chi connectivity index (χ3n) is 4.41. The lowest BCUT2D eigenvalue weighted by molar-refractivity contribution is -0.144. The van der Waals surface area contributed by atoms with Gasteiger partial charge in [0.05, 0.1) is 12.7 Å². The number of para-hydroxylation sites is 1. The lowest BCUT2D eigenvalue weighted by Crippen LogP contribution is -2.30. The second-order valence-corrected chi connectivity index (χ2v) is 6.83. The van der Waals surface area contributed by atoms with Crippen LogP contribution in [0.2, 0.25) is 0 Å². The van der Waals surface area contributed by atoms with Crippen LogP contribution in [0.4, 0.5) is 0 Å². The molecule has 3 aromatic rings. The van der Waals surface area contributed by atoms with Crippen LogP contribution in [0, 0.1) is 0 Å². The molecule has 0 unspecified atom stereocenters. The molecule has 1 heterocycles. The van der Waals surface area contributed by atoms with E-state index >= 15 is 0 Å². The number of methoxy groups -OCH3 is 1. The lowest BCUT2D eigenvalue weighted by atomic mass is 10.0. The minimum Gasteiger partial charge on any atom is -0.496 e. The van der Waals surface area contributed by atoms with Crippen LogP contribution in [-0.4, -0.2) is 35.7 Å². The van der Waals surface area contributed by atoms with Crippen molar-refractivity contribution in [1.82, 2.24) is 15.5 Å². The molecule has 2 aromatic carbocycles. The molecule has 0 atom stereocenters. The van der Waals surface area contributed by atoms with Gasteiger partial charge in [-0.1, -0.05) is 55.4 Å². The van der Waals surface area contributed by atoms with E-state index < -0.39 is 11.9 Å². The summed E-state index contributed by atoms with van der Waals surface area (Å²) in [6, 6.07) is 14.6. The van der Waals surface area contributed by atoms with Crippen molar-refractivity contribution in [1.29, 1.82) is 0 Å². The maximum absolute atomic E-state index is 12.2. The lowest BCUT2D eigenvalue weighted by Gasteiger charge is -2.08. The summed E-state index contributed by atoms with van der Waals surface area (Å²) in [5.74, 6) is 0.378. The highest BCUT2D eigenvalue weighted by atomic mass is 16.6. The van der Waals surface area contributed by atoms with Crippen molar-refractivity contribution in [3.63, 3.8) is 0 Å². The van der Waals surface area contributed by atoms with E-state index in [-0.39, 0.29) is 19.0 Å². The summed E-state index contributed by atoms with van der Waals surface area (Å²) in [5.41, 5.74) is 2.36. The Bertz CT molecular complexity index is 1010. The first-order chi connectivity index (χ1) is 14.5. The molecule has 0 aliphatic heterocycles. The Balaban J connectivity index is 1.50. The number of rotatable bonds is 8. The summed E-state index contributed by atoms with van der Waals surface area (Å²) in [6.07, 6.45) is 0. The third-order valence-corrected chi connectivity index (χ3v) is 4.41. The Morgan fingerprint density at radius 1 is 1.10 bits per heavy atom. The number of esters is 1. The average Bonchev–Trinajstić information content (AvgIpc) is 3.25. The Morgan fingerprint density at radius 2 is 1.83 bits per heavy atom. The summed E-state index contributed by atoms with van der Waals surface area (Å²) in [6.45, 7) is 3.76. The van der Waals surface area contributed by atoms with Gasteiger partial charge in [-0.05, 0) is 23.6 Å². The van der Waals surface area contributed by atoms with Crippen molar-refractivity contribution in [3.8, 4) is 17.1 Å². The van der Waals surface area contributed by atoms with Crippen molar-refractivity contribution < 1.29 is 23.6 Å². The zero-order chi connectivity index (χ0) is 21.5. The van der Waals surface area contributed by atoms with Gasteiger partial charge in [0.1, 0.15) is 12.3 Å². The van der Waals surface area contributed by atoms with Gasteiger partial charge in [0, 0.05) is 5.56 Å². The molecule has 30 heavy (non-hydrogen) atoms. The van der Waals surface area contributed by atoms with Gasteiger partial charge in [0.15, 0.2) is 6.61 Å². The van der Waals surface area contributed by atoms with E-state index in [0.717, 1.165) is 5.56 Å². The first kappa shape index (κ1) is 21.0. The van der Waals surface area contributed by atoms with Crippen molar-refractivity contribution in [2.75, 3.05) is 13.7 Å². The summed E-state index contributed by atoms with van der Waals surface area (Å²) in [7, 11) is 1.47. The van der Waals surface area contributed by atoms with E-state index in [9.17, 15) is 9.59 Å². The van der Waals surface area contributed by atoms with Crippen LogP contribution in [0.15, 0.2) is 53.1 Å². The molecule has 1 aromatic heterocycles. The summed E-state index contributed by atoms with van der Waals surface area (Å²) >= 11 is 0. The monoisotopic (exact) mass is 409 g/mol. The number of hydrogen-bond donors (Lipinski definition) is 1. The van der Waals surface area contributed by atoms with Crippen molar-refractivity contribution in [2.24, 2.45) is 0 Å². The second kappa shape index (κ2) is 9.69. The number of nitrogens with zero attached hydrogens (tertiary/aromatic N) is 2. The summed E-state index contributed by atoms with van der Waals surface area (Å²) < 4.78 is 15.4. The highest BCUT2D eigenvalue weighted by molar-refractivity contribution is 5.98. The molecule has 0 spiro atoms. The quantitative estimate of drug-likeness (QED) is 0.569. The maximum atomic E-state index is 12.2. The van der Waals surface area contributed by atoms with Crippen LogP contribution in [0.25, 0.3) is 11.4 Å². The smallest absolute Gasteiger partial charge is 0.325 e. The molecule has 0 bridgehead atoms. The van der Waals surface area contributed by atoms with Gasteiger partial charge in [-0.15, -0.1) is 0 Å². The van der Waals surface area contributed by atoms with E-state index in [4.69, 9.17) is 14.0 Å². The Morgan fingerprint density at radius 3 is 2.53 bits per heavy atom. The number of ether oxygens (including phenoxy) is 2. The molecule has 0 aliphatic carbocycles. The highest BCUT2D eigenvalue weighted by Crippen LogP contribution is 2.20. The molecule has 0 aliphatic rings. The topological polar surface area (TPSA) is 104 Å². The molecule has 1 N–H and O–H groups in total. The number of carbonyl (C=O) groups is 2. The standard InChI is InChI=1S/C22H23N3O5/c1-14(2)15-8-10-16(11-9-15)21-24-19(30-25-21)13-29-20(26)12-23-22(27)17-6-4-5-7-18(17)28-3/h4-11,14H,12-13H2,1-3H3,(H,23,27).